The number of alkyl halides is 3. The van der Waals surface area contributed by atoms with Crippen molar-refractivity contribution < 1.29 is 22.4 Å². The minimum absolute atomic E-state index is 0.0944. The van der Waals surface area contributed by atoms with E-state index in [9.17, 15) is 22.4 Å². The van der Waals surface area contributed by atoms with E-state index >= 15 is 0 Å². The lowest BCUT2D eigenvalue weighted by Gasteiger charge is -2.13. The van der Waals surface area contributed by atoms with Crippen LogP contribution in [0.3, 0.4) is 0 Å². The third kappa shape index (κ3) is 4.94. The first kappa shape index (κ1) is 20.8. The average Bonchev–Trinajstić information content (AvgIpc) is 3.08. The van der Waals surface area contributed by atoms with Crippen LogP contribution in [-0.4, -0.2) is 26.4 Å². The lowest BCUT2D eigenvalue weighted by atomic mass is 10.2. The molecule has 0 saturated carbocycles. The molecule has 0 aliphatic carbocycles. The van der Waals surface area contributed by atoms with Crippen LogP contribution in [0.4, 0.5) is 17.6 Å². The molecule has 0 radical (unpaired) electrons. The maximum Gasteiger partial charge on any atom is 0.416 e. The van der Waals surface area contributed by atoms with Gasteiger partial charge in [-0.2, -0.15) is 13.2 Å². The van der Waals surface area contributed by atoms with E-state index in [0.717, 1.165) is 18.2 Å². The van der Waals surface area contributed by atoms with Crippen molar-refractivity contribution in [2.45, 2.75) is 24.8 Å². The topological polar surface area (TPSA) is 59.8 Å². The van der Waals surface area contributed by atoms with E-state index in [4.69, 9.17) is 0 Å². The summed E-state index contributed by atoms with van der Waals surface area (Å²) < 4.78 is 54.1. The van der Waals surface area contributed by atoms with Gasteiger partial charge in [0.1, 0.15) is 5.82 Å². The molecule has 0 aliphatic rings. The predicted molar refractivity (Wildman–Crippen MR) is 100 cm³/mol. The maximum atomic E-state index is 13.3. The zero-order chi connectivity index (χ0) is 21.0. The second-order valence-corrected chi connectivity index (χ2v) is 7.14. The van der Waals surface area contributed by atoms with Crippen LogP contribution >= 0.6 is 11.8 Å². The summed E-state index contributed by atoms with van der Waals surface area (Å²) >= 11 is 1.31. The third-order valence-corrected chi connectivity index (χ3v) is 4.71. The van der Waals surface area contributed by atoms with E-state index in [0.29, 0.717) is 10.9 Å². The van der Waals surface area contributed by atoms with Gasteiger partial charge in [-0.1, -0.05) is 30.8 Å². The van der Waals surface area contributed by atoms with Crippen LogP contribution in [0.1, 0.15) is 28.7 Å². The second kappa shape index (κ2) is 8.64. The van der Waals surface area contributed by atoms with Crippen LogP contribution in [0, 0.1) is 5.82 Å². The van der Waals surface area contributed by atoms with Gasteiger partial charge in [0.2, 0.25) is 0 Å². The van der Waals surface area contributed by atoms with Gasteiger partial charge in [-0.25, -0.2) is 4.39 Å². The van der Waals surface area contributed by atoms with Crippen LogP contribution in [0.2, 0.25) is 0 Å². The smallest absolute Gasteiger partial charge is 0.345 e. The summed E-state index contributed by atoms with van der Waals surface area (Å²) in [7, 11) is 0. The van der Waals surface area contributed by atoms with Crippen molar-refractivity contribution in [3.05, 3.63) is 71.3 Å². The maximum absolute atomic E-state index is 13.3. The van der Waals surface area contributed by atoms with Crippen molar-refractivity contribution in [2.24, 2.45) is 0 Å². The van der Waals surface area contributed by atoms with E-state index in [1.54, 1.807) is 0 Å². The van der Waals surface area contributed by atoms with Crippen molar-refractivity contribution in [3.63, 3.8) is 0 Å². The first-order valence-electron chi connectivity index (χ1n) is 8.58. The van der Waals surface area contributed by atoms with E-state index in [1.165, 1.54) is 46.7 Å². The molecule has 1 amide bonds. The van der Waals surface area contributed by atoms with Crippen molar-refractivity contribution in [1.82, 2.24) is 20.1 Å². The summed E-state index contributed by atoms with van der Waals surface area (Å²) in [5.74, 6) is -0.198. The number of rotatable bonds is 6. The Balaban J connectivity index is 1.90. The number of nitrogens with zero attached hydrogens (tertiary/aromatic N) is 3. The molecule has 0 fully saturated rings. The molecule has 5 nitrogen and oxygen atoms in total. The molecule has 10 heteroatoms. The number of amides is 1. The summed E-state index contributed by atoms with van der Waals surface area (Å²) in [4.78, 5) is 12.2. The molecule has 29 heavy (non-hydrogen) atoms. The summed E-state index contributed by atoms with van der Waals surface area (Å²) in [5.41, 5.74) is -0.444. The van der Waals surface area contributed by atoms with Crippen LogP contribution in [0.25, 0.3) is 5.69 Å². The number of carbonyl (C=O) groups excluding carboxylic acids is 1. The fourth-order valence-corrected chi connectivity index (χ4v) is 3.31. The van der Waals surface area contributed by atoms with E-state index < -0.39 is 23.5 Å². The fraction of sp³-hybridized carbons (Fsp3) is 0.211. The highest BCUT2D eigenvalue weighted by atomic mass is 32.2. The predicted octanol–water partition coefficient (Wildman–Crippen LogP) is 4.47. The summed E-state index contributed by atoms with van der Waals surface area (Å²) in [6, 6.07) is 9.96. The zero-order valence-electron chi connectivity index (χ0n) is 15.2. The number of hydrogen-bond donors (Lipinski definition) is 1. The lowest BCUT2D eigenvalue weighted by Crippen LogP contribution is -2.24. The number of aromatic nitrogens is 3. The molecule has 0 bridgehead atoms. The molecule has 0 aliphatic heterocycles. The monoisotopic (exact) mass is 424 g/mol. The highest BCUT2D eigenvalue weighted by Gasteiger charge is 2.31. The van der Waals surface area contributed by atoms with Crippen molar-refractivity contribution in [1.29, 1.82) is 0 Å². The van der Waals surface area contributed by atoms with Crippen molar-refractivity contribution >= 4 is 17.7 Å². The Kier molecular flexibility index (Phi) is 6.21. The van der Waals surface area contributed by atoms with Gasteiger partial charge >= 0.3 is 6.18 Å². The zero-order valence-corrected chi connectivity index (χ0v) is 16.0. The number of hydrogen-bond acceptors (Lipinski definition) is 4. The summed E-state index contributed by atoms with van der Waals surface area (Å²) in [5, 5.41) is 11.0. The van der Waals surface area contributed by atoms with Gasteiger partial charge in [-0.15, -0.1) is 10.2 Å². The molecule has 1 aromatic heterocycles. The van der Waals surface area contributed by atoms with Crippen molar-refractivity contribution in [3.8, 4) is 5.69 Å². The Morgan fingerprint density at radius 2 is 1.90 bits per heavy atom. The minimum atomic E-state index is -4.49. The Bertz CT molecular complexity index is 1020. The van der Waals surface area contributed by atoms with E-state index in [1.807, 2.05) is 6.92 Å². The van der Waals surface area contributed by atoms with Gasteiger partial charge in [0.25, 0.3) is 5.91 Å². The second-order valence-electron chi connectivity index (χ2n) is 5.91. The molecular weight excluding hydrogens is 408 g/mol. The fourth-order valence-electron chi connectivity index (χ4n) is 2.61. The molecule has 1 N–H and O–H groups in total. The summed E-state index contributed by atoms with van der Waals surface area (Å²) in [6.45, 7) is 1.78. The molecule has 0 atom stereocenters. The first-order chi connectivity index (χ1) is 13.8. The molecule has 0 spiro atoms. The lowest BCUT2D eigenvalue weighted by molar-refractivity contribution is -0.137. The van der Waals surface area contributed by atoms with E-state index in [2.05, 4.69) is 15.5 Å². The molecule has 3 aromatic rings. The Labute approximate surface area is 168 Å². The third-order valence-electron chi connectivity index (χ3n) is 3.90. The largest absolute Gasteiger partial charge is 0.416 e. The Morgan fingerprint density at radius 1 is 1.14 bits per heavy atom. The molecule has 0 saturated heterocycles. The molecule has 152 valence electrons. The highest BCUT2D eigenvalue weighted by Crippen LogP contribution is 2.31. The highest BCUT2D eigenvalue weighted by molar-refractivity contribution is 7.99. The molecule has 0 unspecified atom stereocenters. The SMILES string of the molecule is CCSc1nnc(CNC(=O)c2cccc(F)c2)n1-c1cccc(C(F)(F)F)c1. The number of carbonyl (C=O) groups is 1. The number of benzene rings is 2. The Hall–Kier alpha value is -2.88. The van der Waals surface area contributed by atoms with Crippen LogP contribution < -0.4 is 5.32 Å². The van der Waals surface area contributed by atoms with Crippen LogP contribution in [0.15, 0.2) is 53.7 Å². The van der Waals surface area contributed by atoms with Gasteiger partial charge in [0, 0.05) is 5.56 Å². The van der Waals surface area contributed by atoms with Gasteiger partial charge in [-0.3, -0.25) is 9.36 Å². The number of thioether (sulfide) groups is 1. The van der Waals surface area contributed by atoms with Crippen LogP contribution in [0.5, 0.6) is 0 Å². The Morgan fingerprint density at radius 3 is 2.59 bits per heavy atom. The average molecular weight is 424 g/mol. The number of nitrogens with one attached hydrogen (secondary N) is 1. The first-order valence-corrected chi connectivity index (χ1v) is 9.56. The molecule has 2 aromatic carbocycles. The molecular formula is C19H16F4N4OS. The normalized spacial score (nSPS) is 11.5. The van der Waals surface area contributed by atoms with E-state index in [-0.39, 0.29) is 23.6 Å². The van der Waals surface area contributed by atoms with Gasteiger partial charge in [0.05, 0.1) is 17.8 Å². The minimum Gasteiger partial charge on any atom is -0.345 e. The number of halogens is 4. The van der Waals surface area contributed by atoms with Crippen molar-refractivity contribution in [2.75, 3.05) is 5.75 Å². The molecule has 1 heterocycles. The van der Waals surface area contributed by atoms with Gasteiger partial charge in [0.15, 0.2) is 11.0 Å². The molecule has 3 rings (SSSR count). The standard InChI is InChI=1S/C19H16F4N4OS/c1-2-29-18-26-25-16(11-24-17(28)12-5-3-7-14(20)9-12)27(18)15-8-4-6-13(10-15)19(21,22)23/h3-10H,2,11H2,1H3,(H,24,28). The van der Waals surface area contributed by atoms with Gasteiger partial charge in [-0.05, 0) is 42.2 Å². The quantitative estimate of drug-likeness (QED) is 0.469. The van der Waals surface area contributed by atoms with Gasteiger partial charge < -0.3 is 5.32 Å². The van der Waals surface area contributed by atoms with Crippen LogP contribution in [-0.2, 0) is 12.7 Å². The summed E-state index contributed by atoms with van der Waals surface area (Å²) in [6.07, 6.45) is -4.49.